The number of benzene rings is 2. The number of thiazole rings is 1. The van der Waals surface area contributed by atoms with E-state index in [1.165, 1.54) is 17.4 Å². The molecule has 1 aliphatic carbocycles. The number of fused-ring (bicyclic) bond motifs is 1. The molecule has 2 aromatic heterocycles. The van der Waals surface area contributed by atoms with Gasteiger partial charge in [0, 0.05) is 30.1 Å². The number of carboxylic acid groups (broad SMARTS) is 1. The molecule has 11 heteroatoms. The lowest BCUT2D eigenvalue weighted by Crippen LogP contribution is -2.37. The molecule has 0 radical (unpaired) electrons. The molecule has 6 rings (SSSR count). The Kier molecular flexibility index (Phi) is 6.58. The smallest absolute Gasteiger partial charge is 0.417 e. The highest BCUT2D eigenvalue weighted by Crippen LogP contribution is 2.46. The molecule has 3 heterocycles. The Morgan fingerprint density at radius 2 is 1.95 bits per heavy atom. The first-order valence-corrected chi connectivity index (χ1v) is 13.7. The van der Waals surface area contributed by atoms with Gasteiger partial charge in [-0.05, 0) is 62.4 Å². The van der Waals surface area contributed by atoms with Gasteiger partial charge in [0.2, 0.25) is 0 Å². The van der Waals surface area contributed by atoms with Gasteiger partial charge in [-0.2, -0.15) is 13.2 Å². The molecule has 4 aromatic rings. The number of hydrogen-bond acceptors (Lipinski definition) is 7. The van der Waals surface area contributed by atoms with Gasteiger partial charge in [0.1, 0.15) is 11.5 Å². The summed E-state index contributed by atoms with van der Waals surface area (Å²) in [5.41, 5.74) is 1.64. The highest BCUT2D eigenvalue weighted by molar-refractivity contribution is 7.22. The number of alkyl halides is 3. The van der Waals surface area contributed by atoms with Crippen LogP contribution in [0.3, 0.4) is 0 Å². The molecule has 1 saturated carbocycles. The number of carbonyl (C=O) groups is 1. The van der Waals surface area contributed by atoms with Crippen molar-refractivity contribution < 1.29 is 32.3 Å². The van der Waals surface area contributed by atoms with Crippen molar-refractivity contribution in [3.63, 3.8) is 0 Å². The zero-order valence-electron chi connectivity index (χ0n) is 21.1. The minimum atomic E-state index is -4.51. The normalized spacial score (nSPS) is 16.8. The largest absolute Gasteiger partial charge is 0.478 e. The molecule has 1 aliphatic heterocycles. The fourth-order valence-corrected chi connectivity index (χ4v) is 6.19. The number of nitrogens with zero attached hydrogens (tertiary/aromatic N) is 3. The third-order valence-corrected chi connectivity index (χ3v) is 8.46. The lowest BCUT2D eigenvalue weighted by molar-refractivity contribution is -0.137. The third kappa shape index (κ3) is 5.12. The van der Waals surface area contributed by atoms with Crippen molar-refractivity contribution in [3.05, 3.63) is 64.4 Å². The van der Waals surface area contributed by atoms with E-state index >= 15 is 0 Å². The van der Waals surface area contributed by atoms with Crippen LogP contribution in [0.1, 0.15) is 64.4 Å². The number of piperidine rings is 1. The second kappa shape index (κ2) is 9.95. The quantitative estimate of drug-likeness (QED) is 0.261. The SMILES string of the molecule is Cc1cccc(C(F)(F)F)c1-c1noc(C2CC2)c1COC1CCN(c2nc3ccc(C(=O)O)cc3s2)CC1. The Morgan fingerprint density at radius 1 is 1.18 bits per heavy atom. The van der Waals surface area contributed by atoms with E-state index in [0.717, 1.165) is 47.1 Å². The fraction of sp³-hybridized carbons (Fsp3) is 0.393. The maximum atomic E-state index is 13.9. The molecular weight excluding hydrogens is 531 g/mol. The fourth-order valence-electron chi connectivity index (χ4n) is 5.14. The van der Waals surface area contributed by atoms with Crippen molar-refractivity contribution >= 4 is 32.7 Å². The Morgan fingerprint density at radius 3 is 2.64 bits per heavy atom. The Bertz CT molecular complexity index is 1530. The molecular formula is C28H26F3N3O4S. The third-order valence-electron chi connectivity index (χ3n) is 7.38. The van der Waals surface area contributed by atoms with Gasteiger partial charge in [0.05, 0.1) is 34.1 Å². The minimum Gasteiger partial charge on any atom is -0.478 e. The number of rotatable bonds is 7. The summed E-state index contributed by atoms with van der Waals surface area (Å²) < 4.78 is 54.3. The number of aryl methyl sites for hydroxylation is 1. The average molecular weight is 558 g/mol. The van der Waals surface area contributed by atoms with Gasteiger partial charge in [0.25, 0.3) is 0 Å². The monoisotopic (exact) mass is 557 g/mol. The summed E-state index contributed by atoms with van der Waals surface area (Å²) in [7, 11) is 0. The molecule has 0 bridgehead atoms. The minimum absolute atomic E-state index is 0.0518. The lowest BCUT2D eigenvalue weighted by atomic mass is 9.95. The van der Waals surface area contributed by atoms with Crippen LogP contribution in [0.4, 0.5) is 18.3 Å². The van der Waals surface area contributed by atoms with E-state index in [2.05, 4.69) is 15.0 Å². The second-order valence-corrected chi connectivity index (χ2v) is 11.1. The number of carboxylic acids is 1. The number of halogens is 3. The maximum absolute atomic E-state index is 13.9. The molecule has 0 unspecified atom stereocenters. The van der Waals surface area contributed by atoms with Crippen LogP contribution in [0.15, 0.2) is 40.9 Å². The summed E-state index contributed by atoms with van der Waals surface area (Å²) in [5.74, 6) is -0.164. The van der Waals surface area contributed by atoms with Gasteiger partial charge in [-0.25, -0.2) is 9.78 Å². The van der Waals surface area contributed by atoms with Gasteiger partial charge < -0.3 is 19.3 Å². The van der Waals surface area contributed by atoms with Gasteiger partial charge in [-0.1, -0.05) is 28.6 Å². The summed E-state index contributed by atoms with van der Waals surface area (Å²) in [6.45, 7) is 3.21. The van der Waals surface area contributed by atoms with E-state index in [-0.39, 0.29) is 35.4 Å². The van der Waals surface area contributed by atoms with Crippen molar-refractivity contribution in [3.8, 4) is 11.3 Å². The van der Waals surface area contributed by atoms with Crippen molar-refractivity contribution in [1.29, 1.82) is 0 Å². The van der Waals surface area contributed by atoms with Crippen LogP contribution < -0.4 is 4.90 Å². The predicted molar refractivity (Wildman–Crippen MR) is 140 cm³/mol. The molecule has 0 amide bonds. The number of anilines is 1. The summed E-state index contributed by atoms with van der Waals surface area (Å²) >= 11 is 1.46. The Hall–Kier alpha value is -3.44. The molecule has 0 atom stereocenters. The van der Waals surface area contributed by atoms with Gasteiger partial charge in [-0.3, -0.25) is 0 Å². The predicted octanol–water partition coefficient (Wildman–Crippen LogP) is 7.04. The summed E-state index contributed by atoms with van der Waals surface area (Å²) in [4.78, 5) is 18.1. The maximum Gasteiger partial charge on any atom is 0.417 e. The van der Waals surface area contributed by atoms with Crippen molar-refractivity contribution in [2.75, 3.05) is 18.0 Å². The summed E-state index contributed by atoms with van der Waals surface area (Å²) in [5, 5.41) is 14.2. The van der Waals surface area contributed by atoms with Gasteiger partial charge in [-0.15, -0.1) is 0 Å². The van der Waals surface area contributed by atoms with Crippen LogP contribution in [-0.2, 0) is 17.5 Å². The average Bonchev–Trinajstić information content (AvgIpc) is 3.52. The molecule has 7 nitrogen and oxygen atoms in total. The molecule has 39 heavy (non-hydrogen) atoms. The van der Waals surface area contributed by atoms with Crippen molar-refractivity contribution in [2.45, 2.75) is 57.4 Å². The van der Waals surface area contributed by atoms with Crippen LogP contribution in [0.5, 0.6) is 0 Å². The van der Waals surface area contributed by atoms with E-state index in [4.69, 9.17) is 9.26 Å². The number of hydrogen-bond donors (Lipinski definition) is 1. The summed E-state index contributed by atoms with van der Waals surface area (Å²) in [6, 6.07) is 9.06. The molecule has 2 aromatic carbocycles. The van der Waals surface area contributed by atoms with E-state index in [1.54, 1.807) is 31.2 Å². The molecule has 2 fully saturated rings. The van der Waals surface area contributed by atoms with Crippen molar-refractivity contribution in [2.24, 2.45) is 0 Å². The van der Waals surface area contributed by atoms with Crippen LogP contribution >= 0.6 is 11.3 Å². The molecule has 2 aliphatic rings. The number of ether oxygens (including phenoxy) is 1. The highest BCUT2D eigenvalue weighted by atomic mass is 32.1. The highest BCUT2D eigenvalue weighted by Gasteiger charge is 2.38. The first kappa shape index (κ1) is 25.8. The first-order valence-electron chi connectivity index (χ1n) is 12.8. The topological polar surface area (TPSA) is 88.7 Å². The van der Waals surface area contributed by atoms with Gasteiger partial charge >= 0.3 is 12.1 Å². The zero-order valence-corrected chi connectivity index (χ0v) is 21.9. The molecule has 1 N–H and O–H groups in total. The Labute approximate surface area is 226 Å². The van der Waals surface area contributed by atoms with Crippen LogP contribution in [-0.4, -0.2) is 40.4 Å². The van der Waals surface area contributed by atoms with E-state index in [1.807, 2.05) is 0 Å². The Balaban J connectivity index is 1.17. The number of aromatic carboxylic acids is 1. The molecule has 1 saturated heterocycles. The van der Waals surface area contributed by atoms with E-state index in [9.17, 15) is 23.1 Å². The molecule has 0 spiro atoms. The zero-order chi connectivity index (χ0) is 27.3. The van der Waals surface area contributed by atoms with E-state index < -0.39 is 17.7 Å². The first-order chi connectivity index (χ1) is 18.7. The van der Waals surface area contributed by atoms with Crippen LogP contribution in [0, 0.1) is 6.92 Å². The van der Waals surface area contributed by atoms with Gasteiger partial charge in [0.15, 0.2) is 5.13 Å². The molecule has 204 valence electrons. The van der Waals surface area contributed by atoms with Crippen LogP contribution in [0.25, 0.3) is 21.5 Å². The lowest BCUT2D eigenvalue weighted by Gasteiger charge is -2.31. The number of aromatic nitrogens is 2. The van der Waals surface area contributed by atoms with Crippen LogP contribution in [0.2, 0.25) is 0 Å². The van der Waals surface area contributed by atoms with E-state index in [0.29, 0.717) is 30.0 Å². The van der Waals surface area contributed by atoms with Crippen molar-refractivity contribution in [1.82, 2.24) is 10.1 Å². The summed E-state index contributed by atoms with van der Waals surface area (Å²) in [6.07, 6.45) is -1.27. The standard InChI is InChI=1S/C28H26F3N3O4S/c1-15-3-2-4-20(28(29,30)31)23(15)24-19(25(38-33-24)16-5-6-16)14-37-18-9-11-34(12-10-18)27-32-21-8-7-17(26(35)36)13-22(21)39-27/h2-4,7-8,13,16,18H,5-6,9-12,14H2,1H3,(H,35,36). The second-order valence-electron chi connectivity index (χ2n) is 10.1.